The Hall–Kier alpha value is -3.18. The number of carboxylic acid groups (broad SMARTS) is 1. The Morgan fingerprint density at radius 3 is 2.31 bits per heavy atom. The number of sulfonamides is 1. The average molecular weight is 601 g/mol. The van der Waals surface area contributed by atoms with E-state index in [1.54, 1.807) is 0 Å². The number of aliphatic hydroxyl groups is 1. The lowest BCUT2D eigenvalue weighted by atomic mass is 9.88. The molecule has 7 nitrogen and oxygen atoms in total. The Morgan fingerprint density at radius 1 is 1.02 bits per heavy atom. The summed E-state index contributed by atoms with van der Waals surface area (Å²) in [6.45, 7) is 4.11. The van der Waals surface area contributed by atoms with E-state index in [9.17, 15) is 22.7 Å². The fraction of sp³-hybridized carbons (Fsp3) is 0.406. The molecule has 3 N–H and O–H groups in total. The third-order valence-electron chi connectivity index (χ3n) is 7.82. The van der Waals surface area contributed by atoms with E-state index in [1.165, 1.54) is 42.4 Å². The monoisotopic (exact) mass is 600 g/mol. The van der Waals surface area contributed by atoms with Gasteiger partial charge in [0.15, 0.2) is 0 Å². The molecule has 226 valence electrons. The molecule has 0 radical (unpaired) electrons. The van der Waals surface area contributed by atoms with Gasteiger partial charge in [-0.1, -0.05) is 30.3 Å². The van der Waals surface area contributed by atoms with E-state index >= 15 is 4.39 Å². The van der Waals surface area contributed by atoms with Crippen molar-refractivity contribution in [1.29, 1.82) is 0 Å². The van der Waals surface area contributed by atoms with Crippen LogP contribution in [0, 0.1) is 17.6 Å². The first-order valence-corrected chi connectivity index (χ1v) is 15.5. The summed E-state index contributed by atoms with van der Waals surface area (Å²) in [7, 11) is -2.83. The number of likely N-dealkylation sites (N-methyl/N-ethyl adjacent to an activating group) is 1. The summed E-state index contributed by atoms with van der Waals surface area (Å²) in [5, 5.41) is 22.9. The van der Waals surface area contributed by atoms with Gasteiger partial charge >= 0.3 is 5.97 Å². The third-order valence-corrected chi connectivity index (χ3v) is 9.64. The highest BCUT2D eigenvalue weighted by molar-refractivity contribution is 7.89. The molecule has 1 atom stereocenters. The van der Waals surface area contributed by atoms with Gasteiger partial charge in [0, 0.05) is 43.2 Å². The molecule has 0 bridgehead atoms. The van der Waals surface area contributed by atoms with Crippen LogP contribution in [0.25, 0.3) is 11.1 Å². The molecule has 0 saturated carbocycles. The zero-order chi connectivity index (χ0) is 30.7. The second kappa shape index (κ2) is 13.0. The number of hydrogen-bond acceptors (Lipinski definition) is 5. The second-order valence-electron chi connectivity index (χ2n) is 11.8. The number of aliphatic carboxylic acids is 1. The third kappa shape index (κ3) is 7.80. The van der Waals surface area contributed by atoms with Gasteiger partial charge in [-0.15, -0.1) is 0 Å². The Morgan fingerprint density at radius 2 is 1.69 bits per heavy atom. The number of β-amino-alcohol motifs (C(OH)–C–C–N with tert-alkyl or cyclic N) is 1. The Bertz CT molecular complexity index is 1520. The quantitative estimate of drug-likeness (QED) is 0.260. The van der Waals surface area contributed by atoms with E-state index < -0.39 is 33.7 Å². The number of aryl methyl sites for hydroxylation is 1. The van der Waals surface area contributed by atoms with Crippen molar-refractivity contribution < 1.29 is 32.2 Å². The number of nitrogens with zero attached hydrogens (tertiary/aromatic N) is 1. The van der Waals surface area contributed by atoms with E-state index in [-0.39, 0.29) is 47.5 Å². The zero-order valence-electron chi connectivity index (χ0n) is 24.1. The minimum atomic E-state index is -4.15. The molecule has 3 aromatic rings. The molecule has 0 aliphatic heterocycles. The standard InChI is InChI=1S/C32H38F2N2O5S/c1-32(2,18-22-14-23-6-4-5-7-24(23)15-22)35-19-25(37)20-36(3)42(40,41)26-10-11-27(30(34)17-26)28-16-21(8-12-29(28)33)9-13-31(38)39/h4-8,10-12,16-17,22,25,35,37H,9,13-15,18-20H2,1-3H3,(H,38,39). The van der Waals surface area contributed by atoms with Crippen LogP contribution in [-0.4, -0.2) is 60.7 Å². The van der Waals surface area contributed by atoms with Gasteiger partial charge < -0.3 is 15.5 Å². The molecule has 1 unspecified atom stereocenters. The number of nitrogens with one attached hydrogen (secondary N) is 1. The van der Waals surface area contributed by atoms with Crippen molar-refractivity contribution in [3.05, 3.63) is 89.0 Å². The first-order valence-electron chi connectivity index (χ1n) is 14.0. The first kappa shape index (κ1) is 31.7. The molecule has 0 spiro atoms. The Balaban J connectivity index is 1.36. The summed E-state index contributed by atoms with van der Waals surface area (Å²) >= 11 is 0. The van der Waals surface area contributed by atoms with Gasteiger partial charge in [-0.3, -0.25) is 4.79 Å². The maximum atomic E-state index is 15.1. The minimum Gasteiger partial charge on any atom is -0.481 e. The summed E-state index contributed by atoms with van der Waals surface area (Å²) in [4.78, 5) is 10.5. The number of rotatable bonds is 13. The molecule has 0 fully saturated rings. The van der Waals surface area contributed by atoms with E-state index in [4.69, 9.17) is 5.11 Å². The molecule has 1 aliphatic carbocycles. The van der Waals surface area contributed by atoms with Crippen molar-refractivity contribution >= 4 is 16.0 Å². The maximum Gasteiger partial charge on any atom is 0.303 e. The van der Waals surface area contributed by atoms with Crippen molar-refractivity contribution in [3.63, 3.8) is 0 Å². The van der Waals surface area contributed by atoms with Gasteiger partial charge in [-0.25, -0.2) is 17.2 Å². The van der Waals surface area contributed by atoms with Crippen LogP contribution in [0.2, 0.25) is 0 Å². The number of carboxylic acids is 1. The smallest absolute Gasteiger partial charge is 0.303 e. The number of fused-ring (bicyclic) bond motifs is 1. The Labute approximate surface area is 246 Å². The fourth-order valence-corrected chi connectivity index (χ4v) is 6.90. The van der Waals surface area contributed by atoms with Crippen LogP contribution in [0.3, 0.4) is 0 Å². The number of halogens is 2. The summed E-state index contributed by atoms with van der Waals surface area (Å²) in [6.07, 6.45) is 1.91. The second-order valence-corrected chi connectivity index (χ2v) is 13.8. The topological polar surface area (TPSA) is 107 Å². The van der Waals surface area contributed by atoms with Gasteiger partial charge in [-0.05, 0) is 92.5 Å². The fourth-order valence-electron chi connectivity index (χ4n) is 5.68. The molecule has 0 aromatic heterocycles. The lowest BCUT2D eigenvalue weighted by Crippen LogP contribution is -2.47. The predicted octanol–water partition coefficient (Wildman–Crippen LogP) is 4.80. The molecule has 0 amide bonds. The van der Waals surface area contributed by atoms with Crippen molar-refractivity contribution in [3.8, 4) is 11.1 Å². The maximum absolute atomic E-state index is 15.1. The lowest BCUT2D eigenvalue weighted by Gasteiger charge is -2.31. The van der Waals surface area contributed by atoms with E-state index in [0.29, 0.717) is 11.5 Å². The molecule has 1 aliphatic rings. The molecule has 10 heteroatoms. The summed E-state index contributed by atoms with van der Waals surface area (Å²) < 4.78 is 57.0. The molecule has 3 aromatic carbocycles. The van der Waals surface area contributed by atoms with Gasteiger partial charge in [0.25, 0.3) is 0 Å². The van der Waals surface area contributed by atoms with Crippen LogP contribution in [0.5, 0.6) is 0 Å². The molecule has 4 rings (SSSR count). The first-order chi connectivity index (χ1) is 19.7. The zero-order valence-corrected chi connectivity index (χ0v) is 24.9. The van der Waals surface area contributed by atoms with E-state index in [2.05, 4.69) is 43.4 Å². The SMILES string of the molecule is CN(CC(O)CNC(C)(C)CC1Cc2ccccc2C1)S(=O)(=O)c1ccc(-c2cc(CCC(=O)O)ccc2F)c(F)c1. The van der Waals surface area contributed by atoms with Crippen molar-refractivity contribution in [1.82, 2.24) is 9.62 Å². The summed E-state index contributed by atoms with van der Waals surface area (Å²) in [5.41, 5.74) is 2.78. The van der Waals surface area contributed by atoms with Crippen LogP contribution in [-0.2, 0) is 34.1 Å². The van der Waals surface area contributed by atoms with Gasteiger partial charge in [0.1, 0.15) is 11.6 Å². The van der Waals surface area contributed by atoms with Gasteiger partial charge in [-0.2, -0.15) is 4.31 Å². The van der Waals surface area contributed by atoms with Crippen molar-refractivity contribution in [2.24, 2.45) is 5.92 Å². The van der Waals surface area contributed by atoms with Crippen LogP contribution in [0.1, 0.15) is 43.4 Å². The van der Waals surface area contributed by atoms with E-state index in [1.807, 2.05) is 0 Å². The number of benzene rings is 3. The van der Waals surface area contributed by atoms with Crippen LogP contribution in [0.4, 0.5) is 8.78 Å². The molecular formula is C32H38F2N2O5S. The number of aliphatic hydroxyl groups excluding tert-OH is 1. The summed E-state index contributed by atoms with van der Waals surface area (Å²) in [6, 6.07) is 15.6. The molecular weight excluding hydrogens is 562 g/mol. The van der Waals surface area contributed by atoms with Crippen molar-refractivity contribution in [2.75, 3.05) is 20.1 Å². The molecule has 0 heterocycles. The Kier molecular flexibility index (Phi) is 9.82. The van der Waals surface area contributed by atoms with Crippen LogP contribution >= 0.6 is 0 Å². The van der Waals surface area contributed by atoms with Gasteiger partial charge in [0.2, 0.25) is 10.0 Å². The molecule has 42 heavy (non-hydrogen) atoms. The van der Waals surface area contributed by atoms with Crippen molar-refractivity contribution in [2.45, 2.75) is 62.5 Å². The van der Waals surface area contributed by atoms with Gasteiger partial charge in [0.05, 0.1) is 11.0 Å². The highest BCUT2D eigenvalue weighted by Gasteiger charge is 2.30. The number of carbonyl (C=O) groups is 1. The predicted molar refractivity (Wildman–Crippen MR) is 158 cm³/mol. The lowest BCUT2D eigenvalue weighted by molar-refractivity contribution is -0.136. The van der Waals surface area contributed by atoms with Crippen LogP contribution < -0.4 is 5.32 Å². The average Bonchev–Trinajstić information content (AvgIpc) is 3.33. The van der Waals surface area contributed by atoms with E-state index in [0.717, 1.165) is 35.7 Å². The summed E-state index contributed by atoms with van der Waals surface area (Å²) in [5.74, 6) is -2.16. The normalized spacial score (nSPS) is 14.7. The highest BCUT2D eigenvalue weighted by Crippen LogP contribution is 2.32. The minimum absolute atomic E-state index is 0.0849. The molecule has 0 saturated heterocycles. The van der Waals surface area contributed by atoms with Crippen LogP contribution in [0.15, 0.2) is 65.6 Å². The number of hydrogen-bond donors (Lipinski definition) is 3. The largest absolute Gasteiger partial charge is 0.481 e. The highest BCUT2D eigenvalue weighted by atomic mass is 32.2.